The van der Waals surface area contributed by atoms with Crippen LogP contribution in [0.5, 0.6) is 0 Å². The first-order valence-electron chi connectivity index (χ1n) is 9.63. The van der Waals surface area contributed by atoms with Crippen molar-refractivity contribution in [1.82, 2.24) is 15.2 Å². The molecule has 0 aromatic carbocycles. The molecule has 2 amide bonds. The molecular formula is C20H28N4O3. The summed E-state index contributed by atoms with van der Waals surface area (Å²) in [7, 11) is 0. The van der Waals surface area contributed by atoms with E-state index in [1.165, 1.54) is 0 Å². The van der Waals surface area contributed by atoms with E-state index >= 15 is 0 Å². The molecule has 1 unspecified atom stereocenters. The number of piperidine rings is 1. The number of hydrogen-bond donors (Lipinski definition) is 1. The fraction of sp³-hybridized carbons (Fsp3) is 0.600. The summed E-state index contributed by atoms with van der Waals surface area (Å²) in [5.74, 6) is 0.491. The number of aryl methyl sites for hydroxylation is 1. The van der Waals surface area contributed by atoms with E-state index in [1.807, 2.05) is 30.9 Å². The number of oxime groups is 1. The van der Waals surface area contributed by atoms with Crippen LogP contribution in [0.2, 0.25) is 0 Å². The molecule has 146 valence electrons. The monoisotopic (exact) mass is 372 g/mol. The molecule has 3 rings (SSSR count). The Morgan fingerprint density at radius 3 is 2.78 bits per heavy atom. The van der Waals surface area contributed by atoms with Crippen LogP contribution in [0.1, 0.15) is 45.1 Å². The van der Waals surface area contributed by atoms with Crippen molar-refractivity contribution in [2.24, 2.45) is 11.1 Å². The third-order valence-electron chi connectivity index (χ3n) is 5.30. The van der Waals surface area contributed by atoms with Gasteiger partial charge >= 0.3 is 0 Å². The molecule has 2 aliphatic heterocycles. The highest BCUT2D eigenvalue weighted by molar-refractivity contribution is 5.94. The summed E-state index contributed by atoms with van der Waals surface area (Å²) in [6.45, 7) is 5.76. The average Bonchev–Trinajstić information content (AvgIpc) is 3.05. The highest BCUT2D eigenvalue weighted by atomic mass is 16.7. The van der Waals surface area contributed by atoms with Crippen molar-refractivity contribution in [3.8, 4) is 0 Å². The summed E-state index contributed by atoms with van der Waals surface area (Å²) in [6.07, 6.45) is 7.04. The predicted octanol–water partition coefficient (Wildman–Crippen LogP) is 1.92. The highest BCUT2D eigenvalue weighted by Gasteiger charge is 2.44. The Bertz CT molecular complexity index is 698. The van der Waals surface area contributed by atoms with Crippen molar-refractivity contribution < 1.29 is 14.4 Å². The zero-order chi connectivity index (χ0) is 19.3. The molecule has 1 fully saturated rings. The Kier molecular flexibility index (Phi) is 6.08. The number of aromatic nitrogens is 1. The van der Waals surface area contributed by atoms with Crippen LogP contribution in [0.4, 0.5) is 0 Å². The number of nitrogens with one attached hydrogen (secondary N) is 1. The number of amides is 2. The number of likely N-dealkylation sites (tertiary alicyclic amines) is 1. The second-order valence-electron chi connectivity index (χ2n) is 7.73. The number of hydrogen-bond acceptors (Lipinski definition) is 5. The smallest absolute Gasteiger partial charge is 0.269 e. The number of carbonyl (C=O) groups excluding carboxylic acids is 2. The minimum absolute atomic E-state index is 0.0158. The van der Waals surface area contributed by atoms with Gasteiger partial charge < -0.3 is 15.1 Å². The molecule has 1 N–H and O–H groups in total. The van der Waals surface area contributed by atoms with Crippen LogP contribution in [0.15, 0.2) is 29.7 Å². The maximum Gasteiger partial charge on any atom is 0.269 e. The maximum atomic E-state index is 12.7. The van der Waals surface area contributed by atoms with Crippen molar-refractivity contribution in [3.05, 3.63) is 30.1 Å². The minimum Gasteiger partial charge on any atom is -0.379 e. The summed E-state index contributed by atoms with van der Waals surface area (Å²) in [5.41, 5.74) is 1.08. The van der Waals surface area contributed by atoms with Gasteiger partial charge in [-0.3, -0.25) is 14.6 Å². The fourth-order valence-corrected chi connectivity index (χ4v) is 3.67. The van der Waals surface area contributed by atoms with Gasteiger partial charge in [0.1, 0.15) is 0 Å². The van der Waals surface area contributed by atoms with E-state index in [2.05, 4.69) is 15.5 Å². The molecule has 3 heterocycles. The third kappa shape index (κ3) is 5.05. The summed E-state index contributed by atoms with van der Waals surface area (Å²) in [4.78, 5) is 36.1. The maximum absolute atomic E-state index is 12.7. The number of carbonyl (C=O) groups is 2. The van der Waals surface area contributed by atoms with Crippen molar-refractivity contribution in [1.29, 1.82) is 0 Å². The molecule has 7 nitrogen and oxygen atoms in total. The number of nitrogens with zero attached hydrogens (tertiary/aromatic N) is 3. The van der Waals surface area contributed by atoms with Crippen LogP contribution in [0.25, 0.3) is 0 Å². The van der Waals surface area contributed by atoms with E-state index in [4.69, 9.17) is 4.84 Å². The van der Waals surface area contributed by atoms with E-state index < -0.39 is 5.60 Å². The molecule has 1 aromatic heterocycles. The van der Waals surface area contributed by atoms with Crippen molar-refractivity contribution >= 4 is 17.5 Å². The van der Waals surface area contributed by atoms with Crippen LogP contribution < -0.4 is 5.32 Å². The SMILES string of the molecule is CC1=NOC(C)(C(=O)N2CCC(CNC(=O)CCc3cccnc3)CC2)C1. The molecule has 27 heavy (non-hydrogen) atoms. The van der Waals surface area contributed by atoms with E-state index in [-0.39, 0.29) is 11.8 Å². The number of pyridine rings is 1. The highest BCUT2D eigenvalue weighted by Crippen LogP contribution is 2.28. The normalized spacial score (nSPS) is 22.9. The van der Waals surface area contributed by atoms with Crippen LogP contribution in [-0.2, 0) is 20.8 Å². The fourth-order valence-electron chi connectivity index (χ4n) is 3.67. The zero-order valence-electron chi connectivity index (χ0n) is 16.1. The second-order valence-corrected chi connectivity index (χ2v) is 7.73. The standard InChI is InChI=1S/C20H28N4O3/c1-15-12-20(2,27-23-15)19(26)24-10-7-17(8-11-24)14-22-18(25)6-5-16-4-3-9-21-13-16/h3-4,9,13,17H,5-8,10-12,14H2,1-2H3,(H,22,25). The van der Waals surface area contributed by atoms with Crippen molar-refractivity contribution in [3.63, 3.8) is 0 Å². The first-order valence-corrected chi connectivity index (χ1v) is 9.63. The Labute approximate surface area is 160 Å². The third-order valence-corrected chi connectivity index (χ3v) is 5.30. The molecule has 0 bridgehead atoms. The largest absolute Gasteiger partial charge is 0.379 e. The van der Waals surface area contributed by atoms with Crippen molar-refractivity contribution in [2.75, 3.05) is 19.6 Å². The van der Waals surface area contributed by atoms with Crippen LogP contribution in [0, 0.1) is 5.92 Å². The lowest BCUT2D eigenvalue weighted by molar-refractivity contribution is -0.154. The van der Waals surface area contributed by atoms with Gasteiger partial charge in [0.05, 0.1) is 5.71 Å². The van der Waals surface area contributed by atoms with Gasteiger partial charge in [0.15, 0.2) is 0 Å². The van der Waals surface area contributed by atoms with Gasteiger partial charge in [-0.25, -0.2) is 0 Å². The van der Waals surface area contributed by atoms with Gasteiger partial charge in [-0.1, -0.05) is 11.2 Å². The Hall–Kier alpha value is -2.44. The van der Waals surface area contributed by atoms with Gasteiger partial charge in [-0.2, -0.15) is 0 Å². The minimum atomic E-state index is -0.850. The molecule has 0 spiro atoms. The molecule has 1 saturated heterocycles. The Balaban J connectivity index is 1.36. The summed E-state index contributed by atoms with van der Waals surface area (Å²) < 4.78 is 0. The van der Waals surface area contributed by atoms with E-state index in [0.717, 1.165) is 24.1 Å². The zero-order valence-corrected chi connectivity index (χ0v) is 16.1. The molecular weight excluding hydrogens is 344 g/mol. The summed E-state index contributed by atoms with van der Waals surface area (Å²) in [6, 6.07) is 3.86. The van der Waals surface area contributed by atoms with Gasteiger partial charge in [-0.15, -0.1) is 0 Å². The molecule has 2 aliphatic rings. The average molecular weight is 372 g/mol. The second kappa shape index (κ2) is 8.50. The van der Waals surface area contributed by atoms with Gasteiger partial charge in [0.25, 0.3) is 5.91 Å². The molecule has 1 aromatic rings. The van der Waals surface area contributed by atoms with E-state index in [9.17, 15) is 9.59 Å². The Morgan fingerprint density at radius 1 is 1.37 bits per heavy atom. The lowest BCUT2D eigenvalue weighted by Gasteiger charge is -2.35. The molecule has 1 atom stereocenters. The predicted molar refractivity (Wildman–Crippen MR) is 102 cm³/mol. The molecule has 0 saturated carbocycles. The van der Waals surface area contributed by atoms with Gasteiger partial charge in [0.2, 0.25) is 11.5 Å². The topological polar surface area (TPSA) is 83.9 Å². The lowest BCUT2D eigenvalue weighted by atomic mass is 9.93. The molecule has 7 heteroatoms. The molecule has 0 aliphatic carbocycles. The molecule has 0 radical (unpaired) electrons. The summed E-state index contributed by atoms with van der Waals surface area (Å²) >= 11 is 0. The lowest BCUT2D eigenvalue weighted by Crippen LogP contribution is -2.50. The van der Waals surface area contributed by atoms with Crippen molar-refractivity contribution in [2.45, 2.75) is 51.6 Å². The number of rotatable bonds is 6. The van der Waals surface area contributed by atoms with Crippen LogP contribution in [0.3, 0.4) is 0 Å². The quantitative estimate of drug-likeness (QED) is 0.827. The van der Waals surface area contributed by atoms with Crippen LogP contribution >= 0.6 is 0 Å². The van der Waals surface area contributed by atoms with Crippen LogP contribution in [-0.4, -0.2) is 52.6 Å². The van der Waals surface area contributed by atoms with E-state index in [1.54, 1.807) is 12.4 Å². The summed E-state index contributed by atoms with van der Waals surface area (Å²) in [5, 5.41) is 6.96. The Morgan fingerprint density at radius 2 is 2.15 bits per heavy atom. The first-order chi connectivity index (χ1) is 13.0. The first kappa shape index (κ1) is 19.3. The van der Waals surface area contributed by atoms with Gasteiger partial charge in [-0.05, 0) is 50.7 Å². The van der Waals surface area contributed by atoms with Gasteiger partial charge in [0, 0.05) is 44.9 Å². The van der Waals surface area contributed by atoms with E-state index in [0.29, 0.717) is 44.8 Å².